The largest absolute Gasteiger partial charge is 0.473 e. The van der Waals surface area contributed by atoms with Gasteiger partial charge in [0.2, 0.25) is 5.88 Å². The van der Waals surface area contributed by atoms with E-state index < -0.39 is 5.82 Å². The number of halogens is 1. The first-order valence-electron chi connectivity index (χ1n) is 9.53. The van der Waals surface area contributed by atoms with Crippen LogP contribution >= 0.6 is 11.8 Å². The molecule has 1 aromatic carbocycles. The first-order valence-corrected chi connectivity index (χ1v) is 10.5. The number of hydrogen-bond donors (Lipinski definition) is 2. The maximum Gasteiger partial charge on any atom is 0.237 e. The number of anilines is 2. The van der Waals surface area contributed by atoms with Crippen molar-refractivity contribution in [1.29, 1.82) is 5.26 Å². The molecule has 1 saturated heterocycles. The average molecular weight is 417 g/mol. The number of rotatable bonds is 8. The van der Waals surface area contributed by atoms with Gasteiger partial charge in [0.1, 0.15) is 24.3 Å². The summed E-state index contributed by atoms with van der Waals surface area (Å²) >= 11 is 1.59. The quantitative estimate of drug-likeness (QED) is 0.635. The van der Waals surface area contributed by atoms with Gasteiger partial charge in [-0.3, -0.25) is 0 Å². The number of nitrogens with one attached hydrogen (secondary N) is 2. The molecule has 0 aliphatic carbocycles. The smallest absolute Gasteiger partial charge is 0.237 e. The second kappa shape index (κ2) is 10.4. The molecular weight excluding hydrogens is 391 g/mol. The maximum absolute atomic E-state index is 14.6. The van der Waals surface area contributed by atoms with Gasteiger partial charge in [-0.2, -0.15) is 5.26 Å². The minimum absolute atomic E-state index is 0.00121. The van der Waals surface area contributed by atoms with Gasteiger partial charge in [0.15, 0.2) is 11.4 Å². The lowest BCUT2D eigenvalue weighted by atomic mass is 10.1. The lowest BCUT2D eigenvalue weighted by molar-refractivity contribution is 0.155. The minimum Gasteiger partial charge on any atom is -0.473 e. The number of piperidine rings is 1. The van der Waals surface area contributed by atoms with Crippen molar-refractivity contribution in [3.63, 3.8) is 0 Å². The molecule has 3 rings (SSSR count). The van der Waals surface area contributed by atoms with Gasteiger partial charge in [0.25, 0.3) is 0 Å². The van der Waals surface area contributed by atoms with Gasteiger partial charge in [-0.1, -0.05) is 0 Å². The van der Waals surface area contributed by atoms with Crippen LogP contribution in [0.2, 0.25) is 0 Å². The van der Waals surface area contributed by atoms with Crippen LogP contribution in [0.4, 0.5) is 15.9 Å². The molecule has 2 heterocycles. The van der Waals surface area contributed by atoms with Crippen LogP contribution in [0.5, 0.6) is 5.88 Å². The second-order valence-corrected chi connectivity index (χ2v) is 8.17. The van der Waals surface area contributed by atoms with E-state index in [0.717, 1.165) is 43.1 Å². The highest BCUT2D eigenvalue weighted by Gasteiger charge is 2.20. The van der Waals surface area contributed by atoms with Crippen molar-refractivity contribution < 1.29 is 9.13 Å². The average Bonchev–Trinajstić information content (AvgIpc) is 2.71. The summed E-state index contributed by atoms with van der Waals surface area (Å²) < 4.78 is 20.5. The molecule has 1 fully saturated rings. The van der Waals surface area contributed by atoms with E-state index in [1.807, 2.05) is 20.2 Å². The molecule has 2 N–H and O–H groups in total. The lowest BCUT2D eigenvalue weighted by Gasteiger charge is -2.23. The SMILES string of the molecule is CN(C)CCSc1ccc(Nc2ncnc(OC3CCNCC3)c2C#N)c(F)c1. The van der Waals surface area contributed by atoms with Gasteiger partial charge in [0.05, 0.1) is 5.69 Å². The predicted molar refractivity (Wildman–Crippen MR) is 112 cm³/mol. The topological polar surface area (TPSA) is 86.1 Å². The third-order valence-corrected chi connectivity index (χ3v) is 5.46. The third-order valence-electron chi connectivity index (χ3n) is 4.49. The molecule has 29 heavy (non-hydrogen) atoms. The Balaban J connectivity index is 1.72. The highest BCUT2D eigenvalue weighted by molar-refractivity contribution is 7.99. The minimum atomic E-state index is -0.400. The van der Waals surface area contributed by atoms with E-state index >= 15 is 0 Å². The van der Waals surface area contributed by atoms with Crippen LogP contribution in [0.15, 0.2) is 29.4 Å². The Bertz CT molecular complexity index is 867. The standard InChI is InChI=1S/C20H25FN6OS/c1-27(2)9-10-29-15-3-4-18(17(21)11-15)26-19-16(12-22)20(25-13-24-19)28-14-5-7-23-8-6-14/h3-4,11,13-14,23H,5-10H2,1-2H3,(H,24,25,26). The number of hydrogen-bond acceptors (Lipinski definition) is 8. The van der Waals surface area contributed by atoms with E-state index in [1.165, 1.54) is 12.4 Å². The van der Waals surface area contributed by atoms with Crippen LogP contribution in [0.25, 0.3) is 0 Å². The van der Waals surface area contributed by atoms with Crippen LogP contribution in [0, 0.1) is 17.1 Å². The number of ether oxygens (including phenoxy) is 1. The fraction of sp³-hybridized carbons (Fsp3) is 0.450. The first kappa shape index (κ1) is 21.3. The summed E-state index contributed by atoms with van der Waals surface area (Å²) in [6.07, 6.45) is 3.02. The zero-order chi connectivity index (χ0) is 20.6. The molecule has 7 nitrogen and oxygen atoms in total. The summed E-state index contributed by atoms with van der Waals surface area (Å²) in [5.74, 6) is 0.941. The first-order chi connectivity index (χ1) is 14.1. The Hall–Kier alpha value is -2.41. The van der Waals surface area contributed by atoms with E-state index in [0.29, 0.717) is 0 Å². The van der Waals surface area contributed by atoms with Crippen molar-refractivity contribution in [2.45, 2.75) is 23.8 Å². The number of thioether (sulfide) groups is 1. The Morgan fingerprint density at radius 3 is 2.83 bits per heavy atom. The number of nitriles is 1. The molecule has 1 aliphatic heterocycles. The van der Waals surface area contributed by atoms with E-state index in [2.05, 4.69) is 31.6 Å². The van der Waals surface area contributed by atoms with Crippen LogP contribution < -0.4 is 15.4 Å². The molecule has 0 atom stereocenters. The monoisotopic (exact) mass is 416 g/mol. The van der Waals surface area contributed by atoms with E-state index in [1.54, 1.807) is 17.8 Å². The molecule has 0 amide bonds. The lowest BCUT2D eigenvalue weighted by Crippen LogP contribution is -2.34. The van der Waals surface area contributed by atoms with Crippen molar-refractivity contribution in [1.82, 2.24) is 20.2 Å². The number of benzene rings is 1. The summed E-state index contributed by atoms with van der Waals surface area (Å²) in [7, 11) is 4.01. The van der Waals surface area contributed by atoms with Gasteiger partial charge >= 0.3 is 0 Å². The molecule has 2 aromatic rings. The zero-order valence-corrected chi connectivity index (χ0v) is 17.4. The van der Waals surface area contributed by atoms with Gasteiger partial charge in [-0.25, -0.2) is 14.4 Å². The molecule has 9 heteroatoms. The second-order valence-electron chi connectivity index (χ2n) is 7.00. The normalized spacial score (nSPS) is 14.6. The van der Waals surface area contributed by atoms with E-state index in [-0.39, 0.29) is 29.1 Å². The Kier molecular flexibility index (Phi) is 7.63. The summed E-state index contributed by atoms with van der Waals surface area (Å²) in [5, 5.41) is 15.8. The molecule has 0 spiro atoms. The van der Waals surface area contributed by atoms with Crippen molar-refractivity contribution in [2.75, 3.05) is 44.8 Å². The van der Waals surface area contributed by atoms with Gasteiger partial charge in [-0.05, 0) is 58.2 Å². The molecule has 1 aliphatic rings. The predicted octanol–water partition coefficient (Wildman–Crippen LogP) is 3.02. The molecule has 154 valence electrons. The van der Waals surface area contributed by atoms with Gasteiger partial charge < -0.3 is 20.3 Å². The van der Waals surface area contributed by atoms with Crippen molar-refractivity contribution in [3.05, 3.63) is 35.9 Å². The zero-order valence-electron chi connectivity index (χ0n) is 16.6. The van der Waals surface area contributed by atoms with Crippen LogP contribution in [-0.2, 0) is 0 Å². The fourth-order valence-corrected chi connectivity index (χ4v) is 3.93. The van der Waals surface area contributed by atoms with E-state index in [4.69, 9.17) is 4.74 Å². The van der Waals surface area contributed by atoms with Crippen LogP contribution in [-0.4, -0.2) is 60.5 Å². The highest BCUT2D eigenvalue weighted by atomic mass is 32.2. The fourth-order valence-electron chi connectivity index (χ4n) is 2.89. The summed E-state index contributed by atoms with van der Waals surface area (Å²) in [5.41, 5.74) is 0.430. The van der Waals surface area contributed by atoms with Gasteiger partial charge in [0, 0.05) is 17.2 Å². The molecule has 1 aromatic heterocycles. The molecular formula is C20H25FN6OS. The Morgan fingerprint density at radius 1 is 1.34 bits per heavy atom. The molecule has 0 bridgehead atoms. The molecule has 0 saturated carbocycles. The van der Waals surface area contributed by atoms with Crippen LogP contribution in [0.3, 0.4) is 0 Å². The molecule has 0 unspecified atom stereocenters. The maximum atomic E-state index is 14.6. The third kappa shape index (κ3) is 6.03. The summed E-state index contributed by atoms with van der Waals surface area (Å²) in [6.45, 7) is 2.65. The summed E-state index contributed by atoms with van der Waals surface area (Å²) in [6, 6.07) is 7.08. The Morgan fingerprint density at radius 2 is 2.14 bits per heavy atom. The summed E-state index contributed by atoms with van der Waals surface area (Å²) in [4.78, 5) is 11.2. The van der Waals surface area contributed by atoms with Crippen molar-refractivity contribution in [2.24, 2.45) is 0 Å². The highest BCUT2D eigenvalue weighted by Crippen LogP contribution is 2.29. The van der Waals surface area contributed by atoms with Crippen molar-refractivity contribution >= 4 is 23.3 Å². The van der Waals surface area contributed by atoms with Crippen LogP contribution in [0.1, 0.15) is 18.4 Å². The van der Waals surface area contributed by atoms with E-state index in [9.17, 15) is 9.65 Å². The molecule has 0 radical (unpaired) electrons. The van der Waals surface area contributed by atoms with Crippen molar-refractivity contribution in [3.8, 4) is 11.9 Å². The number of aromatic nitrogens is 2. The van der Waals surface area contributed by atoms with Gasteiger partial charge in [-0.15, -0.1) is 11.8 Å². The Labute approximate surface area is 174 Å². The number of nitrogens with zero attached hydrogens (tertiary/aromatic N) is 4.